The largest absolute Gasteiger partial charge is 0.481 e. The van der Waals surface area contributed by atoms with Crippen molar-refractivity contribution in [2.45, 2.75) is 57.5 Å². The SMILES string of the molecule is CC1C(C(=O)O)CCN1CC(=O)N(C)C1CCCCC1. The molecule has 0 aromatic rings. The molecule has 2 unspecified atom stereocenters. The highest BCUT2D eigenvalue weighted by Gasteiger charge is 2.37. The van der Waals surface area contributed by atoms with Crippen molar-refractivity contribution >= 4 is 11.9 Å². The number of carboxylic acid groups (broad SMARTS) is 1. The molecular weight excluding hydrogens is 256 g/mol. The van der Waals surface area contributed by atoms with Crippen LogP contribution in [0.3, 0.4) is 0 Å². The topological polar surface area (TPSA) is 60.9 Å². The van der Waals surface area contributed by atoms with E-state index in [-0.39, 0.29) is 17.9 Å². The maximum atomic E-state index is 12.4. The van der Waals surface area contributed by atoms with Crippen LogP contribution in [0, 0.1) is 5.92 Å². The number of aliphatic carboxylic acids is 1. The van der Waals surface area contributed by atoms with E-state index in [1.807, 2.05) is 23.8 Å². The van der Waals surface area contributed by atoms with Gasteiger partial charge in [0.2, 0.25) is 5.91 Å². The molecule has 1 N–H and O–H groups in total. The molecule has 2 atom stereocenters. The van der Waals surface area contributed by atoms with Gasteiger partial charge >= 0.3 is 5.97 Å². The summed E-state index contributed by atoms with van der Waals surface area (Å²) >= 11 is 0. The number of likely N-dealkylation sites (tertiary alicyclic amines) is 1. The summed E-state index contributed by atoms with van der Waals surface area (Å²) in [6.07, 6.45) is 6.57. The Kier molecular flexibility index (Phi) is 5.02. The summed E-state index contributed by atoms with van der Waals surface area (Å²) < 4.78 is 0. The van der Waals surface area contributed by atoms with Gasteiger partial charge in [-0.1, -0.05) is 19.3 Å². The highest BCUT2D eigenvalue weighted by atomic mass is 16.4. The summed E-state index contributed by atoms with van der Waals surface area (Å²) in [4.78, 5) is 27.4. The molecule has 1 aliphatic carbocycles. The quantitative estimate of drug-likeness (QED) is 0.850. The summed E-state index contributed by atoms with van der Waals surface area (Å²) in [7, 11) is 1.90. The molecular formula is C15H26N2O3. The fraction of sp³-hybridized carbons (Fsp3) is 0.867. The molecule has 2 rings (SSSR count). The molecule has 20 heavy (non-hydrogen) atoms. The predicted molar refractivity (Wildman–Crippen MR) is 76.4 cm³/mol. The van der Waals surface area contributed by atoms with Crippen molar-refractivity contribution in [3.63, 3.8) is 0 Å². The van der Waals surface area contributed by atoms with Crippen molar-refractivity contribution in [1.82, 2.24) is 9.80 Å². The van der Waals surface area contributed by atoms with Gasteiger partial charge in [-0.15, -0.1) is 0 Å². The smallest absolute Gasteiger partial charge is 0.308 e. The predicted octanol–water partition coefficient (Wildman–Crippen LogP) is 1.57. The Morgan fingerprint density at radius 2 is 1.85 bits per heavy atom. The van der Waals surface area contributed by atoms with Crippen molar-refractivity contribution in [3.8, 4) is 0 Å². The lowest BCUT2D eigenvalue weighted by molar-refractivity contribution is -0.143. The summed E-state index contributed by atoms with van der Waals surface area (Å²) in [6.45, 7) is 2.99. The molecule has 1 amide bonds. The van der Waals surface area contributed by atoms with Crippen LogP contribution in [0.2, 0.25) is 0 Å². The Balaban J connectivity index is 1.86. The first-order chi connectivity index (χ1) is 9.50. The maximum Gasteiger partial charge on any atom is 0.308 e. The van der Waals surface area contributed by atoms with Crippen LogP contribution < -0.4 is 0 Å². The Hall–Kier alpha value is -1.10. The third-order valence-corrected chi connectivity index (χ3v) is 5.06. The van der Waals surface area contributed by atoms with E-state index in [0.29, 0.717) is 25.6 Å². The average molecular weight is 282 g/mol. The van der Waals surface area contributed by atoms with Crippen LogP contribution in [-0.4, -0.2) is 59.0 Å². The molecule has 0 aromatic carbocycles. The van der Waals surface area contributed by atoms with Crippen LogP contribution >= 0.6 is 0 Å². The molecule has 1 saturated heterocycles. The lowest BCUT2D eigenvalue weighted by Gasteiger charge is -2.33. The lowest BCUT2D eigenvalue weighted by atomic mass is 9.94. The van der Waals surface area contributed by atoms with E-state index in [0.717, 1.165) is 12.8 Å². The fourth-order valence-electron chi connectivity index (χ4n) is 3.51. The van der Waals surface area contributed by atoms with Gasteiger partial charge in [0.15, 0.2) is 0 Å². The van der Waals surface area contributed by atoms with E-state index in [4.69, 9.17) is 5.11 Å². The highest BCUT2D eigenvalue weighted by Crippen LogP contribution is 2.25. The summed E-state index contributed by atoms with van der Waals surface area (Å²) in [5.74, 6) is -0.939. The first kappa shape index (κ1) is 15.3. The van der Waals surface area contributed by atoms with Crippen molar-refractivity contribution in [2.24, 2.45) is 5.92 Å². The Morgan fingerprint density at radius 3 is 2.40 bits per heavy atom. The summed E-state index contributed by atoms with van der Waals surface area (Å²) in [6, 6.07) is 0.334. The zero-order valence-electron chi connectivity index (χ0n) is 12.5. The van der Waals surface area contributed by atoms with Crippen LogP contribution in [-0.2, 0) is 9.59 Å². The Labute approximate surface area is 120 Å². The third kappa shape index (κ3) is 3.32. The number of likely N-dealkylation sites (N-methyl/N-ethyl adjacent to an activating group) is 1. The van der Waals surface area contributed by atoms with Crippen molar-refractivity contribution in [3.05, 3.63) is 0 Å². The molecule has 0 aromatic heterocycles. The van der Waals surface area contributed by atoms with Crippen LogP contribution in [0.4, 0.5) is 0 Å². The van der Waals surface area contributed by atoms with E-state index in [2.05, 4.69) is 0 Å². The van der Waals surface area contributed by atoms with Gasteiger partial charge in [-0.3, -0.25) is 14.5 Å². The maximum absolute atomic E-state index is 12.4. The number of hydrogen-bond acceptors (Lipinski definition) is 3. The van der Waals surface area contributed by atoms with Gasteiger partial charge in [-0.25, -0.2) is 0 Å². The normalized spacial score (nSPS) is 28.5. The monoisotopic (exact) mass is 282 g/mol. The molecule has 1 heterocycles. The zero-order chi connectivity index (χ0) is 14.7. The molecule has 5 nitrogen and oxygen atoms in total. The lowest BCUT2D eigenvalue weighted by Crippen LogP contribution is -2.45. The van der Waals surface area contributed by atoms with Crippen LogP contribution in [0.25, 0.3) is 0 Å². The van der Waals surface area contributed by atoms with E-state index in [1.54, 1.807) is 0 Å². The van der Waals surface area contributed by atoms with E-state index in [1.165, 1.54) is 19.3 Å². The second-order valence-corrected chi connectivity index (χ2v) is 6.24. The minimum Gasteiger partial charge on any atom is -0.481 e. The molecule has 1 aliphatic heterocycles. The standard InChI is InChI=1S/C15H26N2O3/c1-11-13(15(19)20)8-9-17(11)10-14(18)16(2)12-6-4-3-5-7-12/h11-13H,3-10H2,1-2H3,(H,19,20). The average Bonchev–Trinajstić information content (AvgIpc) is 2.80. The number of rotatable bonds is 4. The fourth-order valence-corrected chi connectivity index (χ4v) is 3.51. The second-order valence-electron chi connectivity index (χ2n) is 6.24. The van der Waals surface area contributed by atoms with Gasteiger partial charge in [0.05, 0.1) is 12.5 Å². The zero-order valence-corrected chi connectivity index (χ0v) is 12.5. The number of carboxylic acids is 1. The van der Waals surface area contributed by atoms with Crippen molar-refractivity contribution in [2.75, 3.05) is 20.1 Å². The van der Waals surface area contributed by atoms with Crippen LogP contribution in [0.5, 0.6) is 0 Å². The van der Waals surface area contributed by atoms with Gasteiger partial charge in [0.25, 0.3) is 0 Å². The van der Waals surface area contributed by atoms with Gasteiger partial charge in [0, 0.05) is 19.1 Å². The highest BCUT2D eigenvalue weighted by molar-refractivity contribution is 5.79. The molecule has 0 bridgehead atoms. The van der Waals surface area contributed by atoms with Gasteiger partial charge in [-0.05, 0) is 32.7 Å². The summed E-state index contributed by atoms with van der Waals surface area (Å²) in [5, 5.41) is 9.13. The van der Waals surface area contributed by atoms with Gasteiger partial charge < -0.3 is 10.0 Å². The second kappa shape index (κ2) is 6.57. The molecule has 5 heteroatoms. The van der Waals surface area contributed by atoms with Gasteiger partial charge in [0.1, 0.15) is 0 Å². The molecule has 0 radical (unpaired) electrons. The first-order valence-electron chi connectivity index (χ1n) is 7.73. The van der Waals surface area contributed by atoms with Crippen LogP contribution in [0.15, 0.2) is 0 Å². The number of carbonyl (C=O) groups is 2. The molecule has 114 valence electrons. The van der Waals surface area contributed by atoms with Crippen molar-refractivity contribution in [1.29, 1.82) is 0 Å². The number of carbonyl (C=O) groups excluding carboxylic acids is 1. The van der Waals surface area contributed by atoms with E-state index in [9.17, 15) is 9.59 Å². The third-order valence-electron chi connectivity index (χ3n) is 5.06. The summed E-state index contributed by atoms with van der Waals surface area (Å²) in [5.41, 5.74) is 0. The minimum absolute atomic E-state index is 0.0452. The van der Waals surface area contributed by atoms with Gasteiger partial charge in [-0.2, -0.15) is 0 Å². The minimum atomic E-state index is -0.743. The number of amides is 1. The number of hydrogen-bond donors (Lipinski definition) is 1. The number of nitrogens with zero attached hydrogens (tertiary/aromatic N) is 2. The van der Waals surface area contributed by atoms with Crippen LogP contribution in [0.1, 0.15) is 45.4 Å². The Bertz CT molecular complexity index is 366. The first-order valence-corrected chi connectivity index (χ1v) is 7.73. The molecule has 1 saturated carbocycles. The van der Waals surface area contributed by atoms with Crippen molar-refractivity contribution < 1.29 is 14.7 Å². The Morgan fingerprint density at radius 1 is 1.20 bits per heavy atom. The van der Waals surface area contributed by atoms with E-state index < -0.39 is 5.97 Å². The molecule has 2 aliphatic rings. The molecule has 2 fully saturated rings. The molecule has 0 spiro atoms. The van der Waals surface area contributed by atoms with E-state index >= 15 is 0 Å².